The molecule has 0 radical (unpaired) electrons. The molecule has 13 heteroatoms. The summed E-state index contributed by atoms with van der Waals surface area (Å²) in [5.41, 5.74) is -0.366. The summed E-state index contributed by atoms with van der Waals surface area (Å²) in [5.74, 6) is -1.88. The van der Waals surface area contributed by atoms with E-state index < -0.39 is 52.2 Å². The number of pyridine rings is 1. The van der Waals surface area contributed by atoms with Gasteiger partial charge in [-0.2, -0.15) is 5.26 Å². The molecule has 2 aromatic carbocycles. The zero-order valence-corrected chi connectivity index (χ0v) is 23.0. The van der Waals surface area contributed by atoms with Crippen molar-refractivity contribution in [2.75, 3.05) is 13.7 Å². The van der Waals surface area contributed by atoms with E-state index in [1.54, 1.807) is 12.3 Å². The van der Waals surface area contributed by atoms with E-state index in [0.29, 0.717) is 5.56 Å². The van der Waals surface area contributed by atoms with Crippen molar-refractivity contribution >= 4 is 24.2 Å². The molecule has 0 aliphatic carbocycles. The molecule has 9 nitrogen and oxygen atoms in total. The van der Waals surface area contributed by atoms with Gasteiger partial charge in [-0.25, -0.2) is 13.5 Å². The summed E-state index contributed by atoms with van der Waals surface area (Å²) in [6.07, 6.45) is 1.39. The second kappa shape index (κ2) is 11.1. The van der Waals surface area contributed by atoms with Gasteiger partial charge in [0, 0.05) is 36.2 Å². The molecule has 0 bridgehead atoms. The van der Waals surface area contributed by atoms with Crippen LogP contribution in [0, 0.1) is 23.0 Å². The monoisotopic (exact) mass is 597 g/mol. The van der Waals surface area contributed by atoms with Gasteiger partial charge in [-0.15, -0.1) is 17.7 Å². The van der Waals surface area contributed by atoms with Crippen molar-refractivity contribution in [3.63, 3.8) is 0 Å². The van der Waals surface area contributed by atoms with Gasteiger partial charge in [-0.1, -0.05) is 47.1 Å². The molecule has 6 rings (SSSR count). The van der Waals surface area contributed by atoms with Crippen molar-refractivity contribution in [2.45, 2.75) is 35.6 Å². The quantitative estimate of drug-likeness (QED) is 0.261. The molecule has 2 aliphatic rings. The average Bonchev–Trinajstić information content (AvgIpc) is 3.50. The summed E-state index contributed by atoms with van der Waals surface area (Å²) < 4.78 is 55.1. The number of ether oxygens (including phenoxy) is 4. The van der Waals surface area contributed by atoms with Gasteiger partial charge in [0.2, 0.25) is 0 Å². The summed E-state index contributed by atoms with van der Waals surface area (Å²) >= 11 is 10.4. The Bertz CT molecular complexity index is 1600. The molecule has 2 saturated heterocycles. The summed E-state index contributed by atoms with van der Waals surface area (Å²) in [5, 5.41) is 17.7. The Morgan fingerprint density at radius 2 is 1.90 bits per heavy atom. The summed E-state index contributed by atoms with van der Waals surface area (Å²) in [6.45, 7) is 0.139. The van der Waals surface area contributed by atoms with Crippen LogP contribution in [0.15, 0.2) is 67.1 Å². The SMILES string of the molecule is CO[C@H]1[C@@H](S)O[C@@H]2COC(c3ccccc3)O[C@@H]2C1(c1cncc(C#N)c1)n1cc(-c2cc(F)c(Cl)c(F)c2)nn1. The number of aromatic nitrogens is 4. The minimum absolute atomic E-state index is 0.116. The van der Waals surface area contributed by atoms with Gasteiger partial charge in [0.1, 0.15) is 57.7 Å². The van der Waals surface area contributed by atoms with Crippen molar-refractivity contribution in [1.82, 2.24) is 20.0 Å². The predicted molar refractivity (Wildman–Crippen MR) is 145 cm³/mol. The summed E-state index contributed by atoms with van der Waals surface area (Å²) in [6, 6.07) is 15.3. The highest BCUT2D eigenvalue weighted by Crippen LogP contribution is 2.48. The number of hydrogen-bond donors (Lipinski definition) is 1. The molecule has 0 spiro atoms. The third-order valence-electron chi connectivity index (χ3n) is 7.27. The van der Waals surface area contributed by atoms with Gasteiger partial charge in [0.15, 0.2) is 6.29 Å². The number of nitrogens with zero attached hydrogens (tertiary/aromatic N) is 5. The molecule has 210 valence electrons. The maximum absolute atomic E-state index is 14.4. The van der Waals surface area contributed by atoms with E-state index >= 15 is 0 Å². The highest BCUT2D eigenvalue weighted by molar-refractivity contribution is 7.80. The summed E-state index contributed by atoms with van der Waals surface area (Å²) in [7, 11) is 1.49. The Morgan fingerprint density at radius 1 is 1.15 bits per heavy atom. The van der Waals surface area contributed by atoms with Crippen LogP contribution in [0.25, 0.3) is 11.3 Å². The van der Waals surface area contributed by atoms with Crippen LogP contribution in [0.5, 0.6) is 0 Å². The van der Waals surface area contributed by atoms with E-state index in [-0.39, 0.29) is 23.4 Å². The van der Waals surface area contributed by atoms with Crippen LogP contribution < -0.4 is 0 Å². The highest BCUT2D eigenvalue weighted by Gasteiger charge is 2.62. The molecule has 2 aliphatic heterocycles. The van der Waals surface area contributed by atoms with Gasteiger partial charge in [0.25, 0.3) is 0 Å². The van der Waals surface area contributed by atoms with Crippen LogP contribution in [-0.4, -0.2) is 57.4 Å². The lowest BCUT2D eigenvalue weighted by molar-refractivity contribution is -0.323. The lowest BCUT2D eigenvalue weighted by Crippen LogP contribution is -2.70. The summed E-state index contributed by atoms with van der Waals surface area (Å²) in [4.78, 5) is 4.30. The number of halogens is 3. The van der Waals surface area contributed by atoms with Crippen LogP contribution in [0.4, 0.5) is 8.78 Å². The first-order valence-corrected chi connectivity index (χ1v) is 13.4. The lowest BCUT2D eigenvalue weighted by Gasteiger charge is -2.55. The predicted octanol–water partition coefficient (Wildman–Crippen LogP) is 4.67. The Balaban J connectivity index is 1.57. The van der Waals surface area contributed by atoms with E-state index in [1.807, 2.05) is 30.3 Å². The molecule has 4 heterocycles. The normalized spacial score (nSPS) is 27.7. The van der Waals surface area contributed by atoms with Crippen LogP contribution in [0.1, 0.15) is 23.0 Å². The number of hydrogen-bond acceptors (Lipinski definition) is 9. The third-order valence-corrected chi connectivity index (χ3v) is 8.02. The zero-order chi connectivity index (χ0) is 28.7. The van der Waals surface area contributed by atoms with Crippen LogP contribution >= 0.6 is 24.2 Å². The molecule has 2 aromatic heterocycles. The van der Waals surface area contributed by atoms with E-state index in [0.717, 1.165) is 17.7 Å². The van der Waals surface area contributed by atoms with Crippen molar-refractivity contribution < 1.29 is 27.7 Å². The molecular formula is C28H22ClF2N5O4S. The minimum Gasteiger partial charge on any atom is -0.375 e. The second-order valence-corrected chi connectivity index (χ2v) is 10.4. The lowest BCUT2D eigenvalue weighted by atomic mass is 9.75. The van der Waals surface area contributed by atoms with Gasteiger partial charge in [-0.05, 0) is 18.2 Å². The average molecular weight is 598 g/mol. The maximum atomic E-state index is 14.4. The van der Waals surface area contributed by atoms with Gasteiger partial charge >= 0.3 is 0 Å². The number of nitriles is 1. The Kier molecular flexibility index (Phi) is 7.50. The Labute approximate surface area is 244 Å². The van der Waals surface area contributed by atoms with E-state index in [9.17, 15) is 14.0 Å². The fraction of sp³-hybridized carbons (Fsp3) is 0.286. The fourth-order valence-corrected chi connectivity index (χ4v) is 6.07. The van der Waals surface area contributed by atoms with E-state index in [4.69, 9.17) is 43.2 Å². The van der Waals surface area contributed by atoms with Crippen molar-refractivity contribution in [2.24, 2.45) is 0 Å². The number of thiol groups is 1. The number of fused-ring (bicyclic) bond motifs is 1. The number of rotatable bonds is 5. The Morgan fingerprint density at radius 3 is 2.61 bits per heavy atom. The molecule has 41 heavy (non-hydrogen) atoms. The molecule has 0 amide bonds. The van der Waals surface area contributed by atoms with Crippen molar-refractivity contribution in [3.8, 4) is 17.3 Å². The van der Waals surface area contributed by atoms with Gasteiger partial charge in [0.05, 0.1) is 18.4 Å². The molecule has 0 N–H and O–H groups in total. The first-order valence-electron chi connectivity index (χ1n) is 12.5. The standard InChI is InChI=1S/C28H22ClF2N5O4S/c1-37-25-27(41)39-22-14-38-26(16-5-3-2-4-6-16)40-24(22)28(25,18-7-15(10-32)11-33-12-18)36-13-21(34-35-36)17-8-19(30)23(29)20(31)9-17/h2-9,11-13,22,24-27,41H,14H2,1H3/t22-,24+,25+,26?,27-,28?/m1/s1. The number of benzene rings is 2. The molecule has 6 atom stereocenters. The van der Waals surface area contributed by atoms with E-state index in [1.165, 1.54) is 24.2 Å². The second-order valence-electron chi connectivity index (χ2n) is 9.56. The molecule has 4 aromatic rings. The highest BCUT2D eigenvalue weighted by atomic mass is 35.5. The molecular weight excluding hydrogens is 576 g/mol. The smallest absolute Gasteiger partial charge is 0.184 e. The fourth-order valence-electron chi connectivity index (χ4n) is 5.46. The number of methoxy groups -OCH3 is 1. The molecule has 0 saturated carbocycles. The molecule has 2 fully saturated rings. The zero-order valence-electron chi connectivity index (χ0n) is 21.4. The Hall–Kier alpha value is -3.44. The third kappa shape index (κ3) is 4.68. The topological polar surface area (TPSA) is 104 Å². The van der Waals surface area contributed by atoms with Crippen molar-refractivity contribution in [1.29, 1.82) is 5.26 Å². The first-order chi connectivity index (χ1) is 19.9. The van der Waals surface area contributed by atoms with Gasteiger partial charge < -0.3 is 18.9 Å². The minimum atomic E-state index is -1.38. The van der Waals surface area contributed by atoms with E-state index in [2.05, 4.69) is 21.4 Å². The largest absolute Gasteiger partial charge is 0.375 e. The molecule has 2 unspecified atom stereocenters. The van der Waals surface area contributed by atoms with Crippen LogP contribution in [0.2, 0.25) is 5.02 Å². The van der Waals surface area contributed by atoms with Gasteiger partial charge in [-0.3, -0.25) is 4.98 Å². The van der Waals surface area contributed by atoms with Crippen LogP contribution in [-0.2, 0) is 24.5 Å². The van der Waals surface area contributed by atoms with Crippen molar-refractivity contribution in [3.05, 3.63) is 100 Å². The first kappa shape index (κ1) is 27.7. The maximum Gasteiger partial charge on any atom is 0.184 e. The van der Waals surface area contributed by atoms with Crippen LogP contribution in [0.3, 0.4) is 0 Å².